The van der Waals surface area contributed by atoms with Crippen LogP contribution in [-0.4, -0.2) is 12.1 Å². The number of nitrogens with zero attached hydrogens (tertiary/aromatic N) is 2. The Bertz CT molecular complexity index is 699. The molecule has 2 aromatic rings. The quantitative estimate of drug-likeness (QED) is 0.518. The van der Waals surface area contributed by atoms with Crippen LogP contribution < -0.4 is 0 Å². The number of hydrogen-bond acceptors (Lipinski definition) is 1. The van der Waals surface area contributed by atoms with Gasteiger partial charge in [-0.3, -0.25) is 0 Å². The van der Waals surface area contributed by atoms with Gasteiger partial charge in [-0.15, -0.1) is 0 Å². The predicted octanol–water partition coefficient (Wildman–Crippen LogP) is 5.60. The zero-order valence-corrected chi connectivity index (χ0v) is 14.4. The summed E-state index contributed by atoms with van der Waals surface area (Å²) in [4.78, 5) is 8.93. The Morgan fingerprint density at radius 3 is 1.92 bits per heavy atom. The maximum atomic E-state index is 4.66. The molecule has 0 aliphatic heterocycles. The van der Waals surface area contributed by atoms with E-state index in [2.05, 4.69) is 77.2 Å². The highest BCUT2D eigenvalue weighted by molar-refractivity contribution is 5.87. The van der Waals surface area contributed by atoms with Crippen molar-refractivity contribution in [1.29, 1.82) is 0 Å². The van der Waals surface area contributed by atoms with Crippen molar-refractivity contribution in [3.8, 4) is 0 Å². The maximum Gasteiger partial charge on any atom is 0.125 e. The SMILES string of the molecule is C=C(/N=C(C)\N=C\C)C1[C@@H](c2ccccc2)C[C@@H]1c1ccccc1. The van der Waals surface area contributed by atoms with Crippen LogP contribution in [0.3, 0.4) is 0 Å². The summed E-state index contributed by atoms with van der Waals surface area (Å²) in [5, 5.41) is 0. The molecule has 0 saturated heterocycles. The van der Waals surface area contributed by atoms with Gasteiger partial charge in [0.05, 0.1) is 0 Å². The standard InChI is InChI=1S/C22H24N2/c1-4-23-17(3)24-16(2)22-20(18-11-7-5-8-12-18)15-21(22)19-13-9-6-10-14-19/h4-14,20-22H,2,15H2,1,3H3/b23-4+,24-17-/t20-,21-/m1/s1. The normalized spacial score (nSPS) is 21.7. The summed E-state index contributed by atoms with van der Waals surface area (Å²) in [5.41, 5.74) is 3.69. The van der Waals surface area contributed by atoms with Crippen molar-refractivity contribution in [2.45, 2.75) is 32.1 Å². The molecule has 0 N–H and O–H groups in total. The van der Waals surface area contributed by atoms with Crippen LogP contribution in [0.15, 0.2) is 82.9 Å². The fraction of sp³-hybridized carbons (Fsp3) is 0.273. The monoisotopic (exact) mass is 316 g/mol. The molecule has 1 saturated carbocycles. The highest BCUT2D eigenvalue weighted by Gasteiger charge is 2.44. The first-order valence-electron chi connectivity index (χ1n) is 8.53. The van der Waals surface area contributed by atoms with Crippen molar-refractivity contribution >= 4 is 12.1 Å². The molecule has 2 heteroatoms. The number of benzene rings is 2. The summed E-state index contributed by atoms with van der Waals surface area (Å²) >= 11 is 0. The van der Waals surface area contributed by atoms with Crippen LogP contribution in [0, 0.1) is 5.92 Å². The zero-order chi connectivity index (χ0) is 16.9. The van der Waals surface area contributed by atoms with E-state index in [-0.39, 0.29) is 0 Å². The molecule has 1 fully saturated rings. The molecule has 0 unspecified atom stereocenters. The molecule has 1 aliphatic carbocycles. The molecule has 0 heterocycles. The third kappa shape index (κ3) is 3.38. The Balaban J connectivity index is 1.90. The zero-order valence-electron chi connectivity index (χ0n) is 14.4. The first-order valence-corrected chi connectivity index (χ1v) is 8.53. The fourth-order valence-corrected chi connectivity index (χ4v) is 3.70. The van der Waals surface area contributed by atoms with Crippen molar-refractivity contribution in [3.05, 3.63) is 84.1 Å². The largest absolute Gasteiger partial charge is 0.246 e. The van der Waals surface area contributed by atoms with Crippen molar-refractivity contribution in [2.75, 3.05) is 0 Å². The number of rotatable bonds is 4. The molecule has 0 amide bonds. The number of aliphatic imine (C=N–C) groups is 2. The molecule has 0 radical (unpaired) electrons. The van der Waals surface area contributed by atoms with E-state index in [1.165, 1.54) is 11.1 Å². The average Bonchev–Trinajstić information content (AvgIpc) is 2.56. The van der Waals surface area contributed by atoms with Crippen LogP contribution in [0.4, 0.5) is 0 Å². The molecule has 2 aromatic carbocycles. The molecule has 1 aliphatic rings. The van der Waals surface area contributed by atoms with Crippen molar-refractivity contribution in [2.24, 2.45) is 15.9 Å². The van der Waals surface area contributed by atoms with Gasteiger partial charge in [0.1, 0.15) is 5.84 Å². The van der Waals surface area contributed by atoms with Crippen molar-refractivity contribution in [3.63, 3.8) is 0 Å². The van der Waals surface area contributed by atoms with Crippen LogP contribution >= 0.6 is 0 Å². The van der Waals surface area contributed by atoms with Gasteiger partial charge in [0.2, 0.25) is 0 Å². The summed E-state index contributed by atoms with van der Waals surface area (Å²) in [6.45, 7) is 8.13. The minimum absolute atomic E-state index is 0.330. The smallest absolute Gasteiger partial charge is 0.125 e. The topological polar surface area (TPSA) is 24.7 Å². The highest BCUT2D eigenvalue weighted by atomic mass is 14.9. The molecule has 2 atom stereocenters. The second-order valence-electron chi connectivity index (χ2n) is 6.33. The number of allylic oxidation sites excluding steroid dienone is 1. The maximum absolute atomic E-state index is 4.66. The van der Waals surface area contributed by atoms with E-state index in [9.17, 15) is 0 Å². The first-order chi connectivity index (χ1) is 11.7. The Morgan fingerprint density at radius 2 is 1.46 bits per heavy atom. The van der Waals surface area contributed by atoms with Gasteiger partial charge in [-0.2, -0.15) is 0 Å². The van der Waals surface area contributed by atoms with Crippen LogP contribution in [0.5, 0.6) is 0 Å². The molecule has 24 heavy (non-hydrogen) atoms. The lowest BCUT2D eigenvalue weighted by atomic mass is 9.59. The highest BCUT2D eigenvalue weighted by Crippen LogP contribution is 2.55. The Kier molecular flexibility index (Phi) is 5.05. The van der Waals surface area contributed by atoms with Gasteiger partial charge in [-0.25, -0.2) is 9.98 Å². The van der Waals surface area contributed by atoms with Crippen LogP contribution in [-0.2, 0) is 0 Å². The van der Waals surface area contributed by atoms with Crippen LogP contribution in [0.2, 0.25) is 0 Å². The van der Waals surface area contributed by atoms with Gasteiger partial charge in [0.15, 0.2) is 0 Å². The van der Waals surface area contributed by atoms with E-state index in [1.54, 1.807) is 6.21 Å². The minimum Gasteiger partial charge on any atom is -0.246 e. The Hall–Kier alpha value is -2.48. The van der Waals surface area contributed by atoms with Crippen LogP contribution in [0.1, 0.15) is 43.2 Å². The molecule has 2 nitrogen and oxygen atoms in total. The molecular weight excluding hydrogens is 292 g/mol. The molecular formula is C22H24N2. The fourth-order valence-electron chi connectivity index (χ4n) is 3.70. The third-order valence-corrected chi connectivity index (χ3v) is 4.84. The lowest BCUT2D eigenvalue weighted by Crippen LogP contribution is -2.34. The predicted molar refractivity (Wildman–Crippen MR) is 103 cm³/mol. The van der Waals surface area contributed by atoms with E-state index < -0.39 is 0 Å². The minimum atomic E-state index is 0.330. The molecule has 0 spiro atoms. The summed E-state index contributed by atoms with van der Waals surface area (Å²) in [5.74, 6) is 2.06. The Morgan fingerprint density at radius 1 is 0.958 bits per heavy atom. The number of hydrogen-bond donors (Lipinski definition) is 0. The number of amidine groups is 1. The van der Waals surface area contributed by atoms with Gasteiger partial charge in [-0.1, -0.05) is 67.2 Å². The van der Waals surface area contributed by atoms with Gasteiger partial charge in [-0.05, 0) is 43.2 Å². The first kappa shape index (κ1) is 16.4. The van der Waals surface area contributed by atoms with Crippen molar-refractivity contribution in [1.82, 2.24) is 0 Å². The summed E-state index contributed by atoms with van der Waals surface area (Å²) < 4.78 is 0. The second-order valence-corrected chi connectivity index (χ2v) is 6.33. The third-order valence-electron chi connectivity index (χ3n) is 4.84. The van der Waals surface area contributed by atoms with Gasteiger partial charge >= 0.3 is 0 Å². The lowest BCUT2D eigenvalue weighted by molar-refractivity contribution is 0.241. The Labute approximate surface area is 144 Å². The van der Waals surface area contributed by atoms with E-state index in [0.717, 1.165) is 18.0 Å². The summed E-state index contributed by atoms with van der Waals surface area (Å²) in [7, 11) is 0. The van der Waals surface area contributed by atoms with E-state index >= 15 is 0 Å². The molecule has 3 rings (SSSR count). The van der Waals surface area contributed by atoms with Gasteiger partial charge in [0.25, 0.3) is 0 Å². The van der Waals surface area contributed by atoms with E-state index in [1.807, 2.05) is 13.8 Å². The second kappa shape index (κ2) is 7.39. The summed E-state index contributed by atoms with van der Waals surface area (Å²) in [6, 6.07) is 21.4. The van der Waals surface area contributed by atoms with Gasteiger partial charge in [0, 0.05) is 17.8 Å². The van der Waals surface area contributed by atoms with Gasteiger partial charge < -0.3 is 0 Å². The van der Waals surface area contributed by atoms with Crippen LogP contribution in [0.25, 0.3) is 0 Å². The van der Waals surface area contributed by atoms with E-state index in [4.69, 9.17) is 0 Å². The average molecular weight is 316 g/mol. The summed E-state index contributed by atoms with van der Waals surface area (Å²) in [6.07, 6.45) is 2.92. The molecule has 0 aromatic heterocycles. The molecule has 122 valence electrons. The van der Waals surface area contributed by atoms with Crippen molar-refractivity contribution < 1.29 is 0 Å². The molecule has 0 bridgehead atoms. The lowest BCUT2D eigenvalue weighted by Gasteiger charge is -2.45. The van der Waals surface area contributed by atoms with E-state index in [0.29, 0.717) is 17.8 Å².